The van der Waals surface area contributed by atoms with E-state index in [1.165, 1.54) is 0 Å². The molecule has 0 unspecified atom stereocenters. The van der Waals surface area contributed by atoms with Crippen LogP contribution < -0.4 is 0 Å². The summed E-state index contributed by atoms with van der Waals surface area (Å²) >= 11 is 2.76. The van der Waals surface area contributed by atoms with Crippen LogP contribution in [0.15, 0.2) is 23.3 Å². The summed E-state index contributed by atoms with van der Waals surface area (Å²) < 4.78 is 81.3. The third-order valence-electron chi connectivity index (χ3n) is 1.83. The zero-order valence-electron chi connectivity index (χ0n) is 7.55. The molecule has 1 aliphatic rings. The summed E-state index contributed by atoms with van der Waals surface area (Å²) in [6.07, 6.45) is -3.37. The first-order valence-electron chi connectivity index (χ1n) is 4.00. The number of rotatable bonds is 3. The number of hydrogen-bond acceptors (Lipinski definition) is 1. The Hall–Kier alpha value is -0.500. The highest BCUT2D eigenvalue weighted by molar-refractivity contribution is 9.09. The van der Waals surface area contributed by atoms with E-state index in [0.717, 1.165) is 0 Å². The van der Waals surface area contributed by atoms with Crippen LogP contribution in [0, 0.1) is 0 Å². The van der Waals surface area contributed by atoms with Crippen LogP contribution in [-0.4, -0.2) is 24.0 Å². The molecule has 0 saturated heterocycles. The lowest BCUT2D eigenvalue weighted by Gasteiger charge is -2.29. The zero-order chi connectivity index (χ0) is 12.5. The van der Waals surface area contributed by atoms with Crippen molar-refractivity contribution >= 4 is 15.9 Å². The number of allylic oxidation sites excluding steroid dienone is 2. The van der Waals surface area contributed by atoms with Gasteiger partial charge in [-0.3, -0.25) is 0 Å². The van der Waals surface area contributed by atoms with E-state index in [2.05, 4.69) is 20.7 Å². The first-order chi connectivity index (χ1) is 7.36. The number of ether oxygens (including phenoxy) is 1. The van der Waals surface area contributed by atoms with Crippen molar-refractivity contribution in [3.63, 3.8) is 0 Å². The van der Waals surface area contributed by atoms with Gasteiger partial charge in [0, 0.05) is 5.33 Å². The van der Waals surface area contributed by atoms with Crippen molar-refractivity contribution in [2.75, 3.05) is 11.9 Å². The largest absolute Gasteiger partial charge is 0.337 e. The Morgan fingerprint density at radius 1 is 1.19 bits per heavy atom. The molecule has 16 heavy (non-hydrogen) atoms. The molecule has 0 saturated carbocycles. The molecule has 8 heteroatoms. The molecule has 0 aliphatic heterocycles. The molecule has 0 fully saturated rings. The summed E-state index contributed by atoms with van der Waals surface area (Å²) in [4.78, 5) is 0. The van der Waals surface area contributed by atoms with Crippen LogP contribution in [0.3, 0.4) is 0 Å². The SMILES string of the molecule is FC1=C(F)[C@H](F)[C@](F)(OCCBr)C(F)=C1F. The number of alkyl halides is 3. The van der Waals surface area contributed by atoms with Crippen molar-refractivity contribution in [3.05, 3.63) is 23.3 Å². The van der Waals surface area contributed by atoms with Gasteiger partial charge in [0.25, 0.3) is 0 Å². The van der Waals surface area contributed by atoms with Crippen molar-refractivity contribution in [2.45, 2.75) is 12.0 Å². The Bertz CT molecular complexity index is 354. The van der Waals surface area contributed by atoms with Gasteiger partial charge in [0.05, 0.1) is 6.61 Å². The van der Waals surface area contributed by atoms with E-state index < -0.39 is 41.9 Å². The minimum atomic E-state index is -3.96. The topological polar surface area (TPSA) is 9.23 Å². The van der Waals surface area contributed by atoms with Crippen molar-refractivity contribution < 1.29 is 31.1 Å². The Kier molecular flexibility index (Phi) is 4.06. The highest BCUT2D eigenvalue weighted by atomic mass is 79.9. The summed E-state index contributed by atoms with van der Waals surface area (Å²) in [5, 5.41) is -0.0197. The van der Waals surface area contributed by atoms with Crippen molar-refractivity contribution in [2.24, 2.45) is 0 Å². The maximum absolute atomic E-state index is 13.5. The van der Waals surface area contributed by atoms with Crippen molar-refractivity contribution in [1.82, 2.24) is 0 Å². The van der Waals surface area contributed by atoms with Gasteiger partial charge >= 0.3 is 5.85 Å². The molecule has 1 nitrogen and oxygen atoms in total. The quantitative estimate of drug-likeness (QED) is 0.570. The molecule has 0 radical (unpaired) electrons. The molecular formula is C8H5BrF6O. The van der Waals surface area contributed by atoms with Crippen LogP contribution in [0.25, 0.3) is 0 Å². The van der Waals surface area contributed by atoms with Gasteiger partial charge in [-0.1, -0.05) is 15.9 Å². The molecule has 0 aromatic carbocycles. The van der Waals surface area contributed by atoms with Crippen LogP contribution in [0.2, 0.25) is 0 Å². The fourth-order valence-electron chi connectivity index (χ4n) is 1.06. The minimum Gasteiger partial charge on any atom is -0.337 e. The molecule has 0 aromatic heterocycles. The monoisotopic (exact) mass is 310 g/mol. The Balaban J connectivity index is 3.14. The van der Waals surface area contributed by atoms with E-state index in [0.29, 0.717) is 0 Å². The molecule has 2 atom stereocenters. The molecule has 0 aromatic rings. The highest BCUT2D eigenvalue weighted by Crippen LogP contribution is 2.44. The molecule has 92 valence electrons. The summed E-state index contributed by atoms with van der Waals surface area (Å²) in [6.45, 7) is -0.549. The second kappa shape index (κ2) is 4.79. The Labute approximate surface area is 94.9 Å². The van der Waals surface area contributed by atoms with Gasteiger partial charge in [0.1, 0.15) is 0 Å². The standard InChI is InChI=1S/C8H5BrF6O/c9-1-2-16-8(15)6(13)4(11)3(10)5(12)7(8)14/h6H,1-2H2/t6-,8-/m0/s1. The molecule has 1 aliphatic carbocycles. The number of halogens is 7. The predicted octanol–water partition coefficient (Wildman–Crippen LogP) is 3.72. The van der Waals surface area contributed by atoms with Gasteiger partial charge in [-0.2, -0.15) is 0 Å². The van der Waals surface area contributed by atoms with Gasteiger partial charge in [-0.15, -0.1) is 0 Å². The molecule has 0 spiro atoms. The molecule has 0 amide bonds. The minimum absolute atomic E-state index is 0.0197. The highest BCUT2D eigenvalue weighted by Gasteiger charge is 2.55. The first kappa shape index (κ1) is 13.6. The van der Waals surface area contributed by atoms with Crippen molar-refractivity contribution in [1.29, 1.82) is 0 Å². The van der Waals surface area contributed by atoms with Gasteiger partial charge in [-0.25, -0.2) is 26.3 Å². The lowest BCUT2D eigenvalue weighted by atomic mass is 10.0. The summed E-state index contributed by atoms with van der Waals surface area (Å²) in [7, 11) is 0. The van der Waals surface area contributed by atoms with Crippen LogP contribution in [0.5, 0.6) is 0 Å². The van der Waals surface area contributed by atoms with Gasteiger partial charge in [-0.05, 0) is 0 Å². The molecular weight excluding hydrogens is 306 g/mol. The smallest absolute Gasteiger partial charge is 0.303 e. The van der Waals surface area contributed by atoms with Gasteiger partial charge in [0.15, 0.2) is 17.5 Å². The third-order valence-corrected chi connectivity index (χ3v) is 2.16. The summed E-state index contributed by atoms with van der Waals surface area (Å²) in [5.41, 5.74) is 0. The molecule has 0 N–H and O–H groups in total. The van der Waals surface area contributed by atoms with Gasteiger partial charge in [0.2, 0.25) is 12.0 Å². The fraction of sp³-hybridized carbons (Fsp3) is 0.500. The van der Waals surface area contributed by atoms with E-state index in [1.54, 1.807) is 0 Å². The normalized spacial score (nSPS) is 31.3. The van der Waals surface area contributed by atoms with Crippen molar-refractivity contribution in [3.8, 4) is 0 Å². The van der Waals surface area contributed by atoms with E-state index >= 15 is 0 Å². The third kappa shape index (κ3) is 2.00. The van der Waals surface area contributed by atoms with Crippen LogP contribution in [0.1, 0.15) is 0 Å². The van der Waals surface area contributed by atoms with E-state index in [4.69, 9.17) is 0 Å². The van der Waals surface area contributed by atoms with Crippen LogP contribution in [0.4, 0.5) is 26.3 Å². The average molecular weight is 311 g/mol. The Morgan fingerprint density at radius 3 is 2.25 bits per heavy atom. The lowest BCUT2D eigenvalue weighted by Crippen LogP contribution is -2.42. The predicted molar refractivity (Wildman–Crippen MR) is 47.0 cm³/mol. The van der Waals surface area contributed by atoms with E-state index in [-0.39, 0.29) is 5.33 Å². The van der Waals surface area contributed by atoms with Crippen LogP contribution in [-0.2, 0) is 4.74 Å². The zero-order valence-corrected chi connectivity index (χ0v) is 9.13. The average Bonchev–Trinajstić information content (AvgIpc) is 2.29. The summed E-state index contributed by atoms with van der Waals surface area (Å²) in [5.74, 6) is -13.6. The van der Waals surface area contributed by atoms with E-state index in [9.17, 15) is 26.3 Å². The lowest BCUT2D eigenvalue weighted by molar-refractivity contribution is -0.166. The second-order valence-corrected chi connectivity index (χ2v) is 3.63. The van der Waals surface area contributed by atoms with E-state index in [1.807, 2.05) is 0 Å². The molecule has 0 bridgehead atoms. The molecule has 0 heterocycles. The van der Waals surface area contributed by atoms with Gasteiger partial charge < -0.3 is 4.74 Å². The maximum Gasteiger partial charge on any atom is 0.303 e. The first-order valence-corrected chi connectivity index (χ1v) is 5.12. The molecule has 1 rings (SSSR count). The summed E-state index contributed by atoms with van der Waals surface area (Å²) in [6, 6.07) is 0. The maximum atomic E-state index is 13.5. The Morgan fingerprint density at radius 2 is 1.75 bits per heavy atom. The number of hydrogen-bond donors (Lipinski definition) is 0. The van der Waals surface area contributed by atoms with Crippen LogP contribution >= 0.6 is 15.9 Å². The second-order valence-electron chi connectivity index (χ2n) is 2.83. The fourth-order valence-corrected chi connectivity index (χ4v) is 1.22.